The molecule has 0 saturated heterocycles. The predicted octanol–water partition coefficient (Wildman–Crippen LogP) is 6.73. The summed E-state index contributed by atoms with van der Waals surface area (Å²) in [7, 11) is 0. The quantitative estimate of drug-likeness (QED) is 0.275. The maximum Gasteiger partial charge on any atom is 0.322 e. The van der Waals surface area contributed by atoms with Crippen LogP contribution < -0.4 is 5.32 Å². The molecule has 0 atom stereocenters. The Labute approximate surface area is 234 Å². The molecule has 0 radical (unpaired) electrons. The Morgan fingerprint density at radius 2 is 1.68 bits per heavy atom. The number of carbonyl (C=O) groups excluding carboxylic acids is 1. The van der Waals surface area contributed by atoms with Crippen molar-refractivity contribution in [1.82, 2.24) is 24.8 Å². The number of anilines is 1. The molecule has 1 aliphatic heterocycles. The average molecular weight is 527 g/mol. The van der Waals surface area contributed by atoms with Gasteiger partial charge in [-0.25, -0.2) is 14.8 Å². The largest absolute Gasteiger partial charge is 0.322 e. The molecule has 1 aliphatic rings. The summed E-state index contributed by atoms with van der Waals surface area (Å²) in [5.74, 6) is 0.655. The SMILES string of the molecule is CCc1cc(NC(=O)N2CCc3nc(-c4cccnc4)nc(-c4ccccc4C)c3C2)cc(-c2cccnc2)c1. The van der Waals surface area contributed by atoms with E-state index in [1.165, 1.54) is 0 Å². The van der Waals surface area contributed by atoms with Crippen molar-refractivity contribution < 1.29 is 4.79 Å². The van der Waals surface area contributed by atoms with E-state index in [-0.39, 0.29) is 6.03 Å². The van der Waals surface area contributed by atoms with E-state index in [4.69, 9.17) is 9.97 Å². The molecule has 7 nitrogen and oxygen atoms in total. The highest BCUT2D eigenvalue weighted by atomic mass is 16.2. The van der Waals surface area contributed by atoms with Crippen LogP contribution in [0.15, 0.2) is 91.5 Å². The van der Waals surface area contributed by atoms with E-state index in [2.05, 4.69) is 47.3 Å². The molecule has 5 aromatic rings. The first-order valence-electron chi connectivity index (χ1n) is 13.6. The minimum atomic E-state index is -0.136. The molecule has 0 aliphatic carbocycles. The van der Waals surface area contributed by atoms with Crippen molar-refractivity contribution in [2.45, 2.75) is 33.2 Å². The van der Waals surface area contributed by atoms with Crippen LogP contribution in [0.4, 0.5) is 10.5 Å². The van der Waals surface area contributed by atoms with Gasteiger partial charge in [0.2, 0.25) is 0 Å². The third-order valence-corrected chi connectivity index (χ3v) is 7.31. The van der Waals surface area contributed by atoms with Crippen LogP contribution in [-0.2, 0) is 19.4 Å². The summed E-state index contributed by atoms with van der Waals surface area (Å²) in [6, 6.07) is 22.1. The maximum atomic E-state index is 13.6. The standard InChI is InChI=1S/C33H30N6O/c1-3-23-16-26(24-9-6-13-34-19-24)18-27(17-23)36-33(40)39-15-12-30-29(21-39)31(28-11-5-4-8-22(28)2)38-32(37-30)25-10-7-14-35-20-25/h4-11,13-14,16-20H,3,12,15,21H2,1-2H3,(H,36,40). The Kier molecular flexibility index (Phi) is 7.02. The van der Waals surface area contributed by atoms with Crippen LogP contribution in [-0.4, -0.2) is 37.4 Å². The number of pyridine rings is 2. The summed E-state index contributed by atoms with van der Waals surface area (Å²) in [6.07, 6.45) is 8.65. The molecular formula is C33H30N6O. The molecule has 4 heterocycles. The number of amides is 2. The number of fused-ring (bicyclic) bond motifs is 1. The van der Waals surface area contributed by atoms with Gasteiger partial charge in [0.15, 0.2) is 5.82 Å². The summed E-state index contributed by atoms with van der Waals surface area (Å²) in [5.41, 5.74) is 9.85. The van der Waals surface area contributed by atoms with E-state index in [9.17, 15) is 4.79 Å². The number of rotatable bonds is 5. The summed E-state index contributed by atoms with van der Waals surface area (Å²) in [6.45, 7) is 5.20. The number of nitrogens with one attached hydrogen (secondary N) is 1. The highest BCUT2D eigenvalue weighted by Crippen LogP contribution is 2.33. The first-order chi connectivity index (χ1) is 19.6. The molecule has 198 valence electrons. The zero-order chi connectivity index (χ0) is 27.5. The number of hydrogen-bond donors (Lipinski definition) is 1. The van der Waals surface area contributed by atoms with E-state index in [0.29, 0.717) is 25.3 Å². The van der Waals surface area contributed by atoms with Crippen LogP contribution in [0.2, 0.25) is 0 Å². The van der Waals surface area contributed by atoms with E-state index < -0.39 is 0 Å². The zero-order valence-corrected chi connectivity index (χ0v) is 22.6. The maximum absolute atomic E-state index is 13.6. The number of nitrogens with zero attached hydrogens (tertiary/aromatic N) is 5. The molecule has 3 aromatic heterocycles. The Hall–Kier alpha value is -4.91. The monoisotopic (exact) mass is 526 g/mol. The summed E-state index contributed by atoms with van der Waals surface area (Å²) in [4.78, 5) is 33.9. The molecule has 7 heteroatoms. The van der Waals surface area contributed by atoms with Gasteiger partial charge in [0.1, 0.15) is 0 Å². The third kappa shape index (κ3) is 5.18. The van der Waals surface area contributed by atoms with Gasteiger partial charge in [-0.2, -0.15) is 0 Å². The van der Waals surface area contributed by atoms with Crippen molar-refractivity contribution in [3.63, 3.8) is 0 Å². The topological polar surface area (TPSA) is 83.9 Å². The lowest BCUT2D eigenvalue weighted by Crippen LogP contribution is -2.39. The summed E-state index contributed by atoms with van der Waals surface area (Å²) < 4.78 is 0. The lowest BCUT2D eigenvalue weighted by molar-refractivity contribution is 0.206. The normalized spacial score (nSPS) is 12.6. The van der Waals surface area contributed by atoms with Crippen LogP contribution >= 0.6 is 0 Å². The van der Waals surface area contributed by atoms with Gasteiger partial charge >= 0.3 is 6.03 Å². The van der Waals surface area contributed by atoms with Gasteiger partial charge < -0.3 is 10.2 Å². The van der Waals surface area contributed by atoms with Gasteiger partial charge in [0.25, 0.3) is 0 Å². The van der Waals surface area contributed by atoms with Crippen molar-refractivity contribution >= 4 is 11.7 Å². The van der Waals surface area contributed by atoms with Crippen LogP contribution in [0.25, 0.3) is 33.8 Å². The fourth-order valence-electron chi connectivity index (χ4n) is 5.14. The lowest BCUT2D eigenvalue weighted by Gasteiger charge is -2.30. The number of aryl methyl sites for hydroxylation is 2. The van der Waals surface area contributed by atoms with Gasteiger partial charge in [0.05, 0.1) is 17.9 Å². The number of aromatic nitrogens is 4. The van der Waals surface area contributed by atoms with Gasteiger partial charge in [-0.15, -0.1) is 0 Å². The fraction of sp³-hybridized carbons (Fsp3) is 0.182. The number of urea groups is 1. The molecule has 0 bridgehead atoms. The van der Waals surface area contributed by atoms with Crippen LogP contribution in [0.1, 0.15) is 29.3 Å². The molecule has 2 aromatic carbocycles. The van der Waals surface area contributed by atoms with Crippen molar-refractivity contribution in [1.29, 1.82) is 0 Å². The molecule has 0 spiro atoms. The second-order valence-corrected chi connectivity index (χ2v) is 9.99. The molecule has 2 amide bonds. The molecule has 40 heavy (non-hydrogen) atoms. The first-order valence-corrected chi connectivity index (χ1v) is 13.6. The van der Waals surface area contributed by atoms with Crippen LogP contribution in [0, 0.1) is 6.92 Å². The van der Waals surface area contributed by atoms with Crippen molar-refractivity contribution in [2.75, 3.05) is 11.9 Å². The van der Waals surface area contributed by atoms with Gasteiger partial charge in [-0.05, 0) is 60.4 Å². The predicted molar refractivity (Wildman–Crippen MR) is 158 cm³/mol. The third-order valence-electron chi connectivity index (χ3n) is 7.31. The number of carbonyl (C=O) groups is 1. The second kappa shape index (κ2) is 11.1. The number of benzene rings is 2. The molecule has 6 rings (SSSR count). The minimum Gasteiger partial charge on any atom is -0.320 e. The smallest absolute Gasteiger partial charge is 0.320 e. The zero-order valence-electron chi connectivity index (χ0n) is 22.6. The lowest BCUT2D eigenvalue weighted by atomic mass is 9.96. The van der Waals surface area contributed by atoms with Crippen molar-refractivity contribution in [2.24, 2.45) is 0 Å². The first kappa shape index (κ1) is 25.4. The van der Waals surface area contributed by atoms with E-state index in [0.717, 1.165) is 62.4 Å². The Morgan fingerprint density at radius 1 is 0.900 bits per heavy atom. The van der Waals surface area contributed by atoms with Crippen molar-refractivity contribution in [3.05, 3.63) is 114 Å². The van der Waals surface area contributed by atoms with E-state index >= 15 is 0 Å². The Bertz CT molecular complexity index is 1670. The van der Waals surface area contributed by atoms with Crippen LogP contribution in [0.5, 0.6) is 0 Å². The highest BCUT2D eigenvalue weighted by molar-refractivity contribution is 5.91. The molecular weight excluding hydrogens is 496 g/mol. The summed E-state index contributed by atoms with van der Waals surface area (Å²) >= 11 is 0. The fourth-order valence-corrected chi connectivity index (χ4v) is 5.14. The molecule has 0 fully saturated rings. The van der Waals surface area contributed by atoms with E-state index in [1.54, 1.807) is 18.6 Å². The highest BCUT2D eigenvalue weighted by Gasteiger charge is 2.27. The molecule has 0 unspecified atom stereocenters. The van der Waals surface area contributed by atoms with Gasteiger partial charge in [-0.1, -0.05) is 43.3 Å². The Balaban J connectivity index is 1.32. The van der Waals surface area contributed by atoms with Gasteiger partial charge in [-0.3, -0.25) is 9.97 Å². The minimum absolute atomic E-state index is 0.136. The molecule has 1 N–H and O–H groups in total. The van der Waals surface area contributed by atoms with Gasteiger partial charge in [0, 0.05) is 65.7 Å². The second-order valence-electron chi connectivity index (χ2n) is 9.99. The number of hydrogen-bond acceptors (Lipinski definition) is 5. The average Bonchev–Trinajstić information content (AvgIpc) is 3.01. The molecule has 0 saturated carbocycles. The van der Waals surface area contributed by atoms with Crippen LogP contribution in [0.3, 0.4) is 0 Å². The summed E-state index contributed by atoms with van der Waals surface area (Å²) in [5, 5.41) is 3.15. The van der Waals surface area contributed by atoms with Crippen molar-refractivity contribution in [3.8, 4) is 33.8 Å². The Morgan fingerprint density at radius 3 is 2.40 bits per heavy atom. The van der Waals surface area contributed by atoms with E-state index in [1.807, 2.05) is 59.6 Å².